The van der Waals surface area contributed by atoms with E-state index in [1.165, 1.54) is 30.0 Å². The lowest BCUT2D eigenvalue weighted by Gasteiger charge is -2.46. The molecular weight excluding hydrogens is 489 g/mol. The molecule has 188 valence electrons. The minimum atomic E-state index is -4.37. The van der Waals surface area contributed by atoms with Gasteiger partial charge in [0.15, 0.2) is 5.17 Å². The minimum Gasteiger partial charge on any atom is -0.373 e. The second-order valence-electron chi connectivity index (χ2n) is 8.53. The third-order valence-electron chi connectivity index (χ3n) is 6.06. The number of carbonyl (C=O) groups excluding carboxylic acids is 1. The van der Waals surface area contributed by atoms with Gasteiger partial charge < -0.3 is 15.4 Å². The van der Waals surface area contributed by atoms with Crippen LogP contribution < -0.4 is 10.6 Å². The number of halogens is 5. The molecule has 1 fully saturated rings. The highest BCUT2D eigenvalue weighted by atomic mass is 32.2. The number of carbonyl (C=O) groups is 1. The van der Waals surface area contributed by atoms with Gasteiger partial charge in [-0.05, 0) is 36.2 Å². The van der Waals surface area contributed by atoms with E-state index in [0.29, 0.717) is 23.3 Å². The lowest BCUT2D eigenvalue weighted by Crippen LogP contribution is -2.51. The van der Waals surface area contributed by atoms with Crippen LogP contribution in [0, 0.1) is 11.7 Å². The van der Waals surface area contributed by atoms with E-state index in [2.05, 4.69) is 10.6 Å². The van der Waals surface area contributed by atoms with Crippen molar-refractivity contribution in [1.82, 2.24) is 10.6 Å². The Labute approximate surface area is 203 Å². The molecule has 0 bridgehead atoms. The zero-order chi connectivity index (χ0) is 25.1. The molecule has 2 aromatic rings. The van der Waals surface area contributed by atoms with Crippen molar-refractivity contribution in [1.29, 1.82) is 0 Å². The van der Waals surface area contributed by atoms with Crippen molar-refractivity contribution in [2.75, 3.05) is 25.6 Å². The minimum absolute atomic E-state index is 0.117. The Bertz CT molecular complexity index is 1080. The van der Waals surface area contributed by atoms with Gasteiger partial charge in [-0.15, -0.1) is 0 Å². The number of ether oxygens (including phenoxy) is 1. The molecule has 0 aromatic heterocycles. The molecule has 2 heterocycles. The predicted octanol–water partition coefficient (Wildman–Crippen LogP) is 4.58. The van der Waals surface area contributed by atoms with Crippen LogP contribution in [0.4, 0.5) is 22.0 Å². The summed E-state index contributed by atoms with van der Waals surface area (Å²) in [7, 11) is 0. The Balaban J connectivity index is 1.66. The number of benzene rings is 2. The van der Waals surface area contributed by atoms with Crippen molar-refractivity contribution in [3.05, 3.63) is 71.0 Å². The fraction of sp³-hybridized carbons (Fsp3) is 0.417. The molecule has 0 radical (unpaired) electrons. The quantitative estimate of drug-likeness (QED) is 0.556. The Morgan fingerprint density at radius 2 is 1.97 bits per heavy atom. The standard InChI is InChI=1S/C24H24F5N3O2S/c25-10-18-9-17-12-35-22(31-21(33)16-4-2-1-3-5-16)32-23(17,14-34-18)19-8-15(6-7-20(19)26)11-30-13-24(27,28)29/h1-8,17-18,30H,9-14H2,(H,31,32,33). The monoisotopic (exact) mass is 513 g/mol. The van der Waals surface area contributed by atoms with Crippen LogP contribution >= 0.6 is 11.8 Å². The lowest BCUT2D eigenvalue weighted by atomic mass is 9.74. The van der Waals surface area contributed by atoms with Crippen LogP contribution in [0.3, 0.4) is 0 Å². The summed E-state index contributed by atoms with van der Waals surface area (Å²) in [5.41, 5.74) is -0.235. The van der Waals surface area contributed by atoms with Gasteiger partial charge in [-0.3, -0.25) is 4.79 Å². The molecule has 1 saturated heterocycles. The SMILES string of the molecule is O=C(NC1=NC2(c3cc(CNCC(F)(F)F)ccc3F)COC(CF)CC2CS1)c1ccccc1. The molecule has 2 aromatic carbocycles. The topological polar surface area (TPSA) is 62.7 Å². The van der Waals surface area contributed by atoms with Crippen molar-refractivity contribution >= 4 is 22.8 Å². The van der Waals surface area contributed by atoms with E-state index in [1.807, 2.05) is 0 Å². The third-order valence-corrected chi connectivity index (χ3v) is 7.10. The fourth-order valence-electron chi connectivity index (χ4n) is 4.32. The Morgan fingerprint density at radius 3 is 2.69 bits per heavy atom. The van der Waals surface area contributed by atoms with Crippen molar-refractivity contribution in [3.63, 3.8) is 0 Å². The molecule has 3 atom stereocenters. The number of hydrogen-bond acceptors (Lipinski definition) is 5. The zero-order valence-corrected chi connectivity index (χ0v) is 19.4. The van der Waals surface area contributed by atoms with E-state index >= 15 is 4.39 Å². The van der Waals surface area contributed by atoms with Gasteiger partial charge >= 0.3 is 6.18 Å². The summed E-state index contributed by atoms with van der Waals surface area (Å²) in [6.45, 7) is -2.12. The molecule has 35 heavy (non-hydrogen) atoms. The van der Waals surface area contributed by atoms with Crippen molar-refractivity contribution in [2.45, 2.75) is 30.8 Å². The highest BCUT2D eigenvalue weighted by Gasteiger charge is 2.50. The molecule has 11 heteroatoms. The number of hydrogen-bond donors (Lipinski definition) is 2. The van der Waals surface area contributed by atoms with Crippen LogP contribution in [-0.2, 0) is 16.8 Å². The molecular formula is C24H24F5N3O2S. The number of fused-ring (bicyclic) bond motifs is 1. The van der Waals surface area contributed by atoms with Crippen molar-refractivity contribution < 1.29 is 31.5 Å². The summed E-state index contributed by atoms with van der Waals surface area (Å²) in [6.07, 6.45) is -4.73. The maximum atomic E-state index is 15.2. The van der Waals surface area contributed by atoms with Gasteiger partial charge in [0.05, 0.1) is 19.3 Å². The first-order chi connectivity index (χ1) is 16.7. The summed E-state index contributed by atoms with van der Waals surface area (Å²) in [5.74, 6) is -0.841. The van der Waals surface area contributed by atoms with Crippen molar-refractivity contribution in [3.8, 4) is 0 Å². The summed E-state index contributed by atoms with van der Waals surface area (Å²) in [5, 5.41) is 5.34. The van der Waals surface area contributed by atoms with E-state index in [0.717, 1.165) is 0 Å². The summed E-state index contributed by atoms with van der Waals surface area (Å²) < 4.78 is 71.8. The second kappa shape index (κ2) is 10.6. The van der Waals surface area contributed by atoms with Crippen LogP contribution in [0.25, 0.3) is 0 Å². The largest absolute Gasteiger partial charge is 0.401 e. The smallest absolute Gasteiger partial charge is 0.373 e. The lowest BCUT2D eigenvalue weighted by molar-refractivity contribution is -0.125. The number of amidine groups is 1. The van der Waals surface area contributed by atoms with Crippen LogP contribution in [-0.4, -0.2) is 48.9 Å². The number of nitrogens with zero attached hydrogens (tertiary/aromatic N) is 1. The molecule has 0 saturated carbocycles. The van der Waals surface area contributed by atoms with E-state index < -0.39 is 36.9 Å². The highest BCUT2D eigenvalue weighted by molar-refractivity contribution is 8.13. The van der Waals surface area contributed by atoms with E-state index in [9.17, 15) is 22.4 Å². The summed E-state index contributed by atoms with van der Waals surface area (Å²) in [4.78, 5) is 17.4. The molecule has 5 nitrogen and oxygen atoms in total. The number of rotatable bonds is 6. The Kier molecular flexibility index (Phi) is 7.77. The Hall–Kier alpha value is -2.50. The Morgan fingerprint density at radius 1 is 1.20 bits per heavy atom. The number of alkyl halides is 4. The molecule has 3 unspecified atom stereocenters. The first-order valence-electron chi connectivity index (χ1n) is 11.0. The van der Waals surface area contributed by atoms with Gasteiger partial charge in [0.25, 0.3) is 5.91 Å². The first kappa shape index (κ1) is 25.6. The molecule has 2 aliphatic heterocycles. The average molecular weight is 514 g/mol. The maximum Gasteiger partial charge on any atom is 0.401 e. The third kappa shape index (κ3) is 6.02. The second-order valence-corrected chi connectivity index (χ2v) is 9.53. The van der Waals surface area contributed by atoms with Gasteiger partial charge in [-0.2, -0.15) is 13.2 Å². The fourth-order valence-corrected chi connectivity index (χ4v) is 5.48. The van der Waals surface area contributed by atoms with E-state index in [-0.39, 0.29) is 35.7 Å². The van der Waals surface area contributed by atoms with Gasteiger partial charge in [0, 0.05) is 29.3 Å². The van der Waals surface area contributed by atoms with Gasteiger partial charge in [-0.1, -0.05) is 36.0 Å². The van der Waals surface area contributed by atoms with Crippen LogP contribution in [0.1, 0.15) is 27.9 Å². The average Bonchev–Trinajstić information content (AvgIpc) is 2.84. The van der Waals surface area contributed by atoms with Gasteiger partial charge in [0.2, 0.25) is 0 Å². The van der Waals surface area contributed by atoms with Crippen LogP contribution in [0.2, 0.25) is 0 Å². The van der Waals surface area contributed by atoms with Gasteiger partial charge in [0.1, 0.15) is 18.0 Å². The number of nitrogens with one attached hydrogen (secondary N) is 2. The molecule has 0 spiro atoms. The van der Waals surface area contributed by atoms with Crippen LogP contribution in [0.5, 0.6) is 0 Å². The number of amides is 1. The molecule has 2 N–H and O–H groups in total. The summed E-state index contributed by atoms with van der Waals surface area (Å²) >= 11 is 1.28. The van der Waals surface area contributed by atoms with Crippen LogP contribution in [0.15, 0.2) is 53.5 Å². The highest BCUT2D eigenvalue weighted by Crippen LogP contribution is 2.47. The van der Waals surface area contributed by atoms with Crippen molar-refractivity contribution in [2.24, 2.45) is 10.9 Å². The number of aliphatic imine (C=N–C) groups is 1. The number of thioether (sulfide) groups is 1. The molecule has 4 rings (SSSR count). The first-order valence-corrected chi connectivity index (χ1v) is 12.0. The normalized spacial score (nSPS) is 24.4. The van der Waals surface area contributed by atoms with Gasteiger partial charge in [-0.25, -0.2) is 13.8 Å². The van der Waals surface area contributed by atoms with E-state index in [4.69, 9.17) is 9.73 Å². The maximum absolute atomic E-state index is 15.2. The molecule has 1 amide bonds. The zero-order valence-electron chi connectivity index (χ0n) is 18.6. The predicted molar refractivity (Wildman–Crippen MR) is 123 cm³/mol. The molecule has 0 aliphatic carbocycles. The van der Waals surface area contributed by atoms with E-state index in [1.54, 1.807) is 30.3 Å². The molecule has 2 aliphatic rings. The summed E-state index contributed by atoms with van der Waals surface area (Å²) in [6, 6.07) is 12.6.